The van der Waals surface area contributed by atoms with Gasteiger partial charge in [0.05, 0.1) is 0 Å². The Morgan fingerprint density at radius 2 is 1.69 bits per heavy atom. The third kappa shape index (κ3) is 4.18. The van der Waals surface area contributed by atoms with Crippen molar-refractivity contribution in [2.45, 2.75) is 47.0 Å². The number of Topliss-reactive ketones (excluding diaryl/α,β-unsaturated/α-hetero) is 1. The maximum Gasteiger partial charge on any atom is 0.162 e. The number of benzene rings is 1. The Hall–Kier alpha value is -1.11. The predicted molar refractivity (Wildman–Crippen MR) is 68.9 cm³/mol. The first-order chi connectivity index (χ1) is 7.49. The fraction of sp³-hybridized carbons (Fsp3) is 0.533. The molecule has 0 heterocycles. The number of rotatable bonds is 5. The van der Waals surface area contributed by atoms with Crippen molar-refractivity contribution >= 4 is 5.78 Å². The molecule has 0 aromatic heterocycles. The van der Waals surface area contributed by atoms with E-state index in [1.54, 1.807) is 0 Å². The van der Waals surface area contributed by atoms with E-state index in [9.17, 15) is 4.79 Å². The van der Waals surface area contributed by atoms with E-state index in [0.717, 1.165) is 18.4 Å². The topological polar surface area (TPSA) is 17.1 Å². The number of hydrogen-bond acceptors (Lipinski definition) is 1. The first-order valence-corrected chi connectivity index (χ1v) is 6.10. The summed E-state index contributed by atoms with van der Waals surface area (Å²) in [5, 5.41) is 0. The molecular formula is C15H22O. The molecule has 0 unspecified atom stereocenters. The van der Waals surface area contributed by atoms with E-state index >= 15 is 0 Å². The molecule has 1 aromatic carbocycles. The molecule has 0 radical (unpaired) electrons. The minimum atomic E-state index is 0.285. The molecule has 1 nitrogen and oxygen atoms in total. The van der Waals surface area contributed by atoms with Gasteiger partial charge in [-0.05, 0) is 38.3 Å². The zero-order valence-corrected chi connectivity index (χ0v) is 10.8. The molecule has 1 aromatic rings. The quantitative estimate of drug-likeness (QED) is 0.673. The van der Waals surface area contributed by atoms with E-state index in [1.165, 1.54) is 11.1 Å². The van der Waals surface area contributed by atoms with E-state index in [0.29, 0.717) is 12.3 Å². The molecular weight excluding hydrogens is 196 g/mol. The van der Waals surface area contributed by atoms with Gasteiger partial charge in [0.25, 0.3) is 0 Å². The normalized spacial score (nSPS) is 10.8. The van der Waals surface area contributed by atoms with E-state index in [2.05, 4.69) is 19.9 Å². The Balaban J connectivity index is 2.59. The fourth-order valence-electron chi connectivity index (χ4n) is 1.95. The smallest absolute Gasteiger partial charge is 0.162 e. The highest BCUT2D eigenvalue weighted by Gasteiger charge is 2.07. The lowest BCUT2D eigenvalue weighted by atomic mass is 9.99. The van der Waals surface area contributed by atoms with Crippen molar-refractivity contribution in [2.75, 3.05) is 0 Å². The molecule has 88 valence electrons. The molecule has 0 amide bonds. The Kier molecular flexibility index (Phi) is 4.72. The Bertz CT molecular complexity index is 343. The van der Waals surface area contributed by atoms with Crippen molar-refractivity contribution in [3.8, 4) is 0 Å². The highest BCUT2D eigenvalue weighted by Crippen LogP contribution is 2.14. The number of carbonyl (C=O) groups excluding carboxylic acids is 1. The summed E-state index contributed by atoms with van der Waals surface area (Å²) >= 11 is 0. The molecule has 0 aliphatic carbocycles. The zero-order valence-electron chi connectivity index (χ0n) is 10.8. The predicted octanol–water partition coefficient (Wildman–Crippen LogP) is 4.31. The Labute approximate surface area is 98.9 Å². The summed E-state index contributed by atoms with van der Waals surface area (Å²) in [6.07, 6.45) is 2.82. The first kappa shape index (κ1) is 13.0. The lowest BCUT2D eigenvalue weighted by Gasteiger charge is -2.06. The minimum absolute atomic E-state index is 0.285. The van der Waals surface area contributed by atoms with Gasteiger partial charge in [0, 0.05) is 12.0 Å². The molecule has 0 aliphatic heterocycles. The molecule has 0 saturated carbocycles. The largest absolute Gasteiger partial charge is 0.294 e. The molecule has 16 heavy (non-hydrogen) atoms. The van der Waals surface area contributed by atoms with Crippen LogP contribution in [0.25, 0.3) is 0 Å². The summed E-state index contributed by atoms with van der Waals surface area (Å²) in [4.78, 5) is 11.9. The maximum absolute atomic E-state index is 11.9. The van der Waals surface area contributed by atoms with Gasteiger partial charge in [-0.3, -0.25) is 4.79 Å². The average Bonchev–Trinajstić information content (AvgIpc) is 2.15. The first-order valence-electron chi connectivity index (χ1n) is 6.10. The van der Waals surface area contributed by atoms with Crippen LogP contribution in [-0.4, -0.2) is 5.78 Å². The number of ketones is 1. The van der Waals surface area contributed by atoms with Gasteiger partial charge in [-0.25, -0.2) is 0 Å². The van der Waals surface area contributed by atoms with Crippen LogP contribution in [0.1, 0.15) is 54.6 Å². The standard InChI is InChI=1S/C15H22O/c1-11(2)6-5-7-15(16)14-9-12(3)8-13(4)10-14/h8-11H,5-7H2,1-4H3. The Morgan fingerprint density at radius 1 is 1.12 bits per heavy atom. The van der Waals surface area contributed by atoms with Gasteiger partial charge < -0.3 is 0 Å². The maximum atomic E-state index is 11.9. The van der Waals surface area contributed by atoms with Crippen molar-refractivity contribution < 1.29 is 4.79 Å². The van der Waals surface area contributed by atoms with Crippen LogP contribution < -0.4 is 0 Å². The fourth-order valence-corrected chi connectivity index (χ4v) is 1.95. The van der Waals surface area contributed by atoms with Crippen molar-refractivity contribution in [3.05, 3.63) is 34.9 Å². The molecule has 1 heteroatoms. The molecule has 1 rings (SSSR count). The number of hydrogen-bond donors (Lipinski definition) is 0. The van der Waals surface area contributed by atoms with Crippen molar-refractivity contribution in [1.29, 1.82) is 0 Å². The minimum Gasteiger partial charge on any atom is -0.294 e. The third-order valence-electron chi connectivity index (χ3n) is 2.73. The van der Waals surface area contributed by atoms with E-state index in [-0.39, 0.29) is 5.78 Å². The van der Waals surface area contributed by atoms with Crippen molar-refractivity contribution in [1.82, 2.24) is 0 Å². The molecule has 0 saturated heterocycles. The van der Waals surface area contributed by atoms with Crippen LogP contribution in [0, 0.1) is 19.8 Å². The summed E-state index contributed by atoms with van der Waals surface area (Å²) in [6, 6.07) is 6.08. The van der Waals surface area contributed by atoms with Gasteiger partial charge in [0.15, 0.2) is 5.78 Å². The van der Waals surface area contributed by atoms with E-state index in [4.69, 9.17) is 0 Å². The van der Waals surface area contributed by atoms with Gasteiger partial charge in [-0.15, -0.1) is 0 Å². The van der Waals surface area contributed by atoms with Crippen molar-refractivity contribution in [2.24, 2.45) is 5.92 Å². The summed E-state index contributed by atoms with van der Waals surface area (Å²) < 4.78 is 0. The van der Waals surface area contributed by atoms with Gasteiger partial charge in [-0.2, -0.15) is 0 Å². The van der Waals surface area contributed by atoms with Crippen LogP contribution in [0.2, 0.25) is 0 Å². The lowest BCUT2D eigenvalue weighted by molar-refractivity contribution is 0.0978. The van der Waals surface area contributed by atoms with Crippen LogP contribution in [-0.2, 0) is 0 Å². The summed E-state index contributed by atoms with van der Waals surface area (Å²) in [5.41, 5.74) is 3.22. The SMILES string of the molecule is Cc1cc(C)cc(C(=O)CCCC(C)C)c1. The average molecular weight is 218 g/mol. The molecule has 0 aliphatic rings. The molecule has 0 bridgehead atoms. The van der Waals surface area contributed by atoms with Crippen LogP contribution >= 0.6 is 0 Å². The van der Waals surface area contributed by atoms with Gasteiger partial charge in [0.1, 0.15) is 0 Å². The molecule has 0 spiro atoms. The van der Waals surface area contributed by atoms with E-state index < -0.39 is 0 Å². The zero-order chi connectivity index (χ0) is 12.1. The third-order valence-corrected chi connectivity index (χ3v) is 2.73. The van der Waals surface area contributed by atoms with Crippen LogP contribution in [0.5, 0.6) is 0 Å². The number of aryl methyl sites for hydroxylation is 2. The second kappa shape index (κ2) is 5.83. The lowest BCUT2D eigenvalue weighted by Crippen LogP contribution is -2.01. The number of carbonyl (C=O) groups is 1. The van der Waals surface area contributed by atoms with Crippen molar-refractivity contribution in [3.63, 3.8) is 0 Å². The highest BCUT2D eigenvalue weighted by molar-refractivity contribution is 5.96. The summed E-state index contributed by atoms with van der Waals surface area (Å²) in [5.74, 6) is 0.972. The van der Waals surface area contributed by atoms with Gasteiger partial charge >= 0.3 is 0 Å². The molecule has 0 fully saturated rings. The van der Waals surface area contributed by atoms with Crippen LogP contribution in [0.15, 0.2) is 18.2 Å². The molecule has 0 N–H and O–H groups in total. The van der Waals surface area contributed by atoms with Gasteiger partial charge in [0.2, 0.25) is 0 Å². The second-order valence-electron chi connectivity index (χ2n) is 5.09. The summed E-state index contributed by atoms with van der Waals surface area (Å²) in [7, 11) is 0. The monoisotopic (exact) mass is 218 g/mol. The van der Waals surface area contributed by atoms with Crippen LogP contribution in [0.4, 0.5) is 0 Å². The van der Waals surface area contributed by atoms with Gasteiger partial charge in [-0.1, -0.05) is 37.5 Å². The Morgan fingerprint density at radius 3 is 2.19 bits per heavy atom. The highest BCUT2D eigenvalue weighted by atomic mass is 16.1. The second-order valence-corrected chi connectivity index (χ2v) is 5.09. The molecule has 0 atom stereocenters. The van der Waals surface area contributed by atoms with Crippen LogP contribution in [0.3, 0.4) is 0 Å². The summed E-state index contributed by atoms with van der Waals surface area (Å²) in [6.45, 7) is 8.47. The van der Waals surface area contributed by atoms with E-state index in [1.807, 2.05) is 26.0 Å².